The lowest BCUT2D eigenvalue weighted by Crippen LogP contribution is -2.48. The van der Waals surface area contributed by atoms with Gasteiger partial charge in [-0.05, 0) is 57.8 Å². The highest BCUT2D eigenvalue weighted by Crippen LogP contribution is 2.15. The van der Waals surface area contributed by atoms with E-state index in [9.17, 15) is 20.1 Å². The van der Waals surface area contributed by atoms with E-state index in [1.165, 1.54) is 186 Å². The normalized spacial score (nSPS) is 13.8. The molecule has 0 rings (SSSR count). The monoisotopic (exact) mass is 760 g/mol. The molecule has 3 unspecified atom stereocenters. The van der Waals surface area contributed by atoms with Gasteiger partial charge in [0.05, 0.1) is 18.8 Å². The summed E-state index contributed by atoms with van der Waals surface area (Å²) < 4.78 is 0. The minimum atomic E-state index is -1.11. The number of nitrogens with one attached hydrogen (secondary N) is 1. The molecule has 0 aliphatic carbocycles. The van der Waals surface area contributed by atoms with E-state index in [-0.39, 0.29) is 6.61 Å². The number of aliphatic hydroxyl groups excluding tert-OH is 3. The summed E-state index contributed by atoms with van der Waals surface area (Å²) in [6, 6.07) is -0.814. The minimum absolute atomic E-state index is 0.376. The van der Waals surface area contributed by atoms with Gasteiger partial charge in [-0.15, -0.1) is 0 Å². The van der Waals surface area contributed by atoms with E-state index in [4.69, 9.17) is 0 Å². The SMILES string of the molecule is CCCCCCCCCC/C=C/CC/C=C/C(O)C(CO)NC(=O)C(O)CCCCCCCCCCCC/C=C\CCCCCCCCCCCCCC. The molecule has 3 atom stereocenters. The third-order valence-corrected chi connectivity index (χ3v) is 11.0. The highest BCUT2D eigenvalue weighted by atomic mass is 16.3. The number of allylic oxidation sites excluding steroid dienone is 5. The maximum atomic E-state index is 12.5. The van der Waals surface area contributed by atoms with Crippen molar-refractivity contribution >= 4 is 5.91 Å². The molecule has 5 nitrogen and oxygen atoms in total. The maximum Gasteiger partial charge on any atom is 0.249 e. The molecule has 0 heterocycles. The standard InChI is InChI=1S/C49H93NO4/c1-3-5-7-9-11-13-15-17-19-20-21-22-23-24-25-26-27-28-29-30-32-34-36-38-40-42-44-48(53)49(54)50-46(45-51)47(52)43-41-39-37-35-33-31-18-16-14-12-10-8-6-4-2/h24-25,33,35,41,43,46-48,51-53H,3-23,26-32,34,36-40,42,44-45H2,1-2H3,(H,50,54)/b25-24-,35-33+,43-41+. The highest BCUT2D eigenvalue weighted by Gasteiger charge is 2.22. The fraction of sp³-hybridized carbons (Fsp3) is 0.857. The van der Waals surface area contributed by atoms with E-state index in [1.807, 2.05) is 6.08 Å². The van der Waals surface area contributed by atoms with E-state index in [0.29, 0.717) is 6.42 Å². The van der Waals surface area contributed by atoms with Crippen LogP contribution in [0.2, 0.25) is 0 Å². The Balaban J connectivity index is 3.62. The molecule has 0 spiro atoms. The van der Waals surface area contributed by atoms with Crippen LogP contribution in [0.25, 0.3) is 0 Å². The zero-order chi connectivity index (χ0) is 39.4. The lowest BCUT2D eigenvalue weighted by molar-refractivity contribution is -0.131. The first-order valence-electron chi connectivity index (χ1n) is 23.8. The highest BCUT2D eigenvalue weighted by molar-refractivity contribution is 5.80. The molecule has 318 valence electrons. The Bertz CT molecular complexity index is 840. The molecule has 5 heteroatoms. The Hall–Kier alpha value is -1.43. The van der Waals surface area contributed by atoms with Crippen LogP contribution < -0.4 is 5.32 Å². The summed E-state index contributed by atoms with van der Waals surface area (Å²) in [5.74, 6) is -0.513. The average Bonchev–Trinajstić information content (AvgIpc) is 3.18. The van der Waals surface area contributed by atoms with E-state index >= 15 is 0 Å². The predicted molar refractivity (Wildman–Crippen MR) is 236 cm³/mol. The Morgan fingerprint density at radius 2 is 0.759 bits per heavy atom. The zero-order valence-electron chi connectivity index (χ0n) is 36.1. The Kier molecular flexibility index (Phi) is 43.1. The number of carbonyl (C=O) groups excluding carboxylic acids is 1. The number of carbonyl (C=O) groups is 1. The molecule has 0 radical (unpaired) electrons. The fourth-order valence-corrected chi connectivity index (χ4v) is 7.20. The zero-order valence-corrected chi connectivity index (χ0v) is 36.1. The van der Waals surface area contributed by atoms with Gasteiger partial charge in [-0.1, -0.05) is 224 Å². The summed E-state index contributed by atoms with van der Waals surface area (Å²) in [6.07, 6.45) is 56.2. The smallest absolute Gasteiger partial charge is 0.249 e. The maximum absolute atomic E-state index is 12.5. The minimum Gasteiger partial charge on any atom is -0.394 e. The van der Waals surface area contributed by atoms with Crippen LogP contribution in [0.4, 0.5) is 0 Å². The molecule has 0 aromatic carbocycles. The molecule has 0 bridgehead atoms. The third-order valence-electron chi connectivity index (χ3n) is 11.0. The number of unbranched alkanes of at least 4 members (excludes halogenated alkanes) is 31. The first kappa shape index (κ1) is 52.6. The molecule has 0 saturated heterocycles. The second-order valence-electron chi connectivity index (χ2n) is 16.3. The fourth-order valence-electron chi connectivity index (χ4n) is 7.20. The summed E-state index contributed by atoms with van der Waals surface area (Å²) >= 11 is 0. The van der Waals surface area contributed by atoms with E-state index in [0.717, 1.165) is 38.5 Å². The summed E-state index contributed by atoms with van der Waals surface area (Å²) in [6.45, 7) is 4.17. The van der Waals surface area contributed by atoms with Gasteiger partial charge in [0.15, 0.2) is 0 Å². The molecule has 0 aromatic heterocycles. The summed E-state index contributed by atoms with van der Waals surface area (Å²) in [5, 5.41) is 33.1. The Morgan fingerprint density at radius 3 is 1.13 bits per heavy atom. The molecule has 0 aliphatic rings. The van der Waals surface area contributed by atoms with Crippen LogP contribution in [0, 0.1) is 0 Å². The average molecular weight is 760 g/mol. The Morgan fingerprint density at radius 1 is 0.444 bits per heavy atom. The molecule has 1 amide bonds. The van der Waals surface area contributed by atoms with Gasteiger partial charge in [0.25, 0.3) is 0 Å². The predicted octanol–water partition coefficient (Wildman–Crippen LogP) is 13.9. The topological polar surface area (TPSA) is 89.8 Å². The third kappa shape index (κ3) is 38.8. The summed E-state index contributed by atoms with van der Waals surface area (Å²) in [7, 11) is 0. The van der Waals surface area contributed by atoms with Crippen molar-refractivity contribution in [3.63, 3.8) is 0 Å². The molecular formula is C49H93NO4. The first-order valence-corrected chi connectivity index (χ1v) is 23.8. The van der Waals surface area contributed by atoms with Crippen LogP contribution in [0.5, 0.6) is 0 Å². The van der Waals surface area contributed by atoms with Crippen molar-refractivity contribution in [2.75, 3.05) is 6.61 Å². The first-order chi connectivity index (χ1) is 26.6. The molecule has 0 aliphatic heterocycles. The van der Waals surface area contributed by atoms with Gasteiger partial charge in [0, 0.05) is 0 Å². The van der Waals surface area contributed by atoms with Crippen molar-refractivity contribution < 1.29 is 20.1 Å². The van der Waals surface area contributed by atoms with Crippen LogP contribution in [0.1, 0.15) is 245 Å². The summed E-state index contributed by atoms with van der Waals surface area (Å²) in [5.41, 5.74) is 0. The number of hydrogen-bond donors (Lipinski definition) is 4. The van der Waals surface area contributed by atoms with E-state index < -0.39 is 24.2 Å². The van der Waals surface area contributed by atoms with Crippen molar-refractivity contribution in [3.05, 3.63) is 36.5 Å². The molecule has 4 N–H and O–H groups in total. The lowest BCUT2D eigenvalue weighted by Gasteiger charge is -2.21. The molecule has 0 fully saturated rings. The number of amides is 1. The van der Waals surface area contributed by atoms with E-state index in [1.54, 1.807) is 6.08 Å². The van der Waals surface area contributed by atoms with Gasteiger partial charge in [-0.3, -0.25) is 4.79 Å². The van der Waals surface area contributed by atoms with Crippen molar-refractivity contribution in [2.45, 2.75) is 263 Å². The second-order valence-corrected chi connectivity index (χ2v) is 16.3. The second kappa shape index (κ2) is 44.3. The summed E-state index contributed by atoms with van der Waals surface area (Å²) in [4.78, 5) is 12.5. The quantitative estimate of drug-likeness (QED) is 0.0368. The lowest BCUT2D eigenvalue weighted by atomic mass is 10.0. The van der Waals surface area contributed by atoms with E-state index in [2.05, 4.69) is 43.5 Å². The largest absolute Gasteiger partial charge is 0.394 e. The van der Waals surface area contributed by atoms with Crippen LogP contribution in [0.15, 0.2) is 36.5 Å². The van der Waals surface area contributed by atoms with Gasteiger partial charge in [0.2, 0.25) is 5.91 Å². The van der Waals surface area contributed by atoms with Crippen LogP contribution >= 0.6 is 0 Å². The van der Waals surface area contributed by atoms with Gasteiger partial charge in [-0.25, -0.2) is 0 Å². The molecule has 0 saturated carbocycles. The molecule has 0 aromatic rings. The van der Waals surface area contributed by atoms with Gasteiger partial charge in [-0.2, -0.15) is 0 Å². The van der Waals surface area contributed by atoms with Crippen molar-refractivity contribution in [1.29, 1.82) is 0 Å². The van der Waals surface area contributed by atoms with Crippen molar-refractivity contribution in [3.8, 4) is 0 Å². The van der Waals surface area contributed by atoms with Crippen LogP contribution in [0.3, 0.4) is 0 Å². The number of aliphatic hydroxyl groups is 3. The van der Waals surface area contributed by atoms with Gasteiger partial charge >= 0.3 is 0 Å². The van der Waals surface area contributed by atoms with Crippen LogP contribution in [-0.4, -0.2) is 46.1 Å². The van der Waals surface area contributed by atoms with Crippen molar-refractivity contribution in [1.82, 2.24) is 5.32 Å². The number of hydrogen-bond acceptors (Lipinski definition) is 4. The van der Waals surface area contributed by atoms with Crippen molar-refractivity contribution in [2.24, 2.45) is 0 Å². The van der Waals surface area contributed by atoms with Gasteiger partial charge < -0.3 is 20.6 Å². The molecule has 54 heavy (non-hydrogen) atoms. The molecular weight excluding hydrogens is 667 g/mol. The Labute approximate surface area is 336 Å². The van der Waals surface area contributed by atoms with Gasteiger partial charge in [0.1, 0.15) is 6.10 Å². The van der Waals surface area contributed by atoms with Crippen LogP contribution in [-0.2, 0) is 4.79 Å². The number of rotatable bonds is 43.